The lowest BCUT2D eigenvalue weighted by Crippen LogP contribution is -2.33. The molecule has 1 amide bonds. The van der Waals surface area contributed by atoms with Crippen LogP contribution in [-0.4, -0.2) is 17.8 Å². The van der Waals surface area contributed by atoms with E-state index >= 15 is 0 Å². The molecule has 0 aromatic carbocycles. The van der Waals surface area contributed by atoms with E-state index in [-0.39, 0.29) is 11.9 Å². The van der Waals surface area contributed by atoms with Crippen molar-refractivity contribution in [1.82, 2.24) is 5.32 Å². The molecule has 0 spiro atoms. The van der Waals surface area contributed by atoms with E-state index in [9.17, 15) is 4.79 Å². The van der Waals surface area contributed by atoms with E-state index in [4.69, 9.17) is 16.0 Å². The van der Waals surface area contributed by atoms with Crippen LogP contribution < -0.4 is 5.32 Å². The van der Waals surface area contributed by atoms with Crippen molar-refractivity contribution in [3.8, 4) is 0 Å². The number of aryl methyl sites for hydroxylation is 1. The van der Waals surface area contributed by atoms with Crippen LogP contribution >= 0.6 is 11.6 Å². The number of halogens is 1. The Kier molecular flexibility index (Phi) is 3.37. The summed E-state index contributed by atoms with van der Waals surface area (Å²) in [6.07, 6.45) is 1.50. The number of hydrogen-bond donors (Lipinski definition) is 1. The summed E-state index contributed by atoms with van der Waals surface area (Å²) < 4.78 is 5.02. The number of hydrogen-bond acceptors (Lipinski definition) is 2. The molecular formula is C9H12ClNO2. The molecule has 0 saturated heterocycles. The Bertz CT molecular complexity index is 296. The second-order valence-electron chi connectivity index (χ2n) is 2.96. The summed E-state index contributed by atoms with van der Waals surface area (Å²) in [5, 5.41) is 2.71. The van der Waals surface area contributed by atoms with Gasteiger partial charge in [-0.15, -0.1) is 11.6 Å². The van der Waals surface area contributed by atoms with Gasteiger partial charge in [-0.05, 0) is 19.9 Å². The van der Waals surface area contributed by atoms with Crippen LogP contribution in [-0.2, 0) is 0 Å². The van der Waals surface area contributed by atoms with Crippen molar-refractivity contribution < 1.29 is 9.21 Å². The maximum Gasteiger partial charge on any atom is 0.287 e. The van der Waals surface area contributed by atoms with Crippen LogP contribution in [0.4, 0.5) is 0 Å². The third-order valence-corrected chi connectivity index (χ3v) is 2.14. The summed E-state index contributed by atoms with van der Waals surface area (Å²) in [6, 6.07) is 1.71. The van der Waals surface area contributed by atoms with E-state index in [1.165, 1.54) is 6.26 Å². The predicted molar refractivity (Wildman–Crippen MR) is 51.1 cm³/mol. The van der Waals surface area contributed by atoms with Crippen LogP contribution in [0.1, 0.15) is 23.0 Å². The Morgan fingerprint density at radius 2 is 2.46 bits per heavy atom. The van der Waals surface area contributed by atoms with Crippen LogP contribution in [0.3, 0.4) is 0 Å². The average molecular weight is 202 g/mol. The molecule has 13 heavy (non-hydrogen) atoms. The van der Waals surface area contributed by atoms with Crippen LogP contribution in [0.2, 0.25) is 0 Å². The smallest absolute Gasteiger partial charge is 0.287 e. The van der Waals surface area contributed by atoms with Gasteiger partial charge in [0.25, 0.3) is 5.91 Å². The number of rotatable bonds is 3. The van der Waals surface area contributed by atoms with E-state index < -0.39 is 0 Å². The van der Waals surface area contributed by atoms with Crippen molar-refractivity contribution >= 4 is 17.5 Å². The van der Waals surface area contributed by atoms with Gasteiger partial charge in [-0.25, -0.2) is 0 Å². The zero-order valence-electron chi connectivity index (χ0n) is 7.63. The molecular weight excluding hydrogens is 190 g/mol. The van der Waals surface area contributed by atoms with E-state index in [1.807, 2.05) is 13.8 Å². The average Bonchev–Trinajstić information content (AvgIpc) is 2.51. The topological polar surface area (TPSA) is 42.2 Å². The largest absolute Gasteiger partial charge is 0.459 e. The van der Waals surface area contributed by atoms with Crippen LogP contribution in [0.25, 0.3) is 0 Å². The summed E-state index contributed by atoms with van der Waals surface area (Å²) in [6.45, 7) is 3.66. The molecule has 0 aliphatic carbocycles. The number of carbonyl (C=O) groups is 1. The van der Waals surface area contributed by atoms with Crippen molar-refractivity contribution in [2.45, 2.75) is 19.9 Å². The normalized spacial score (nSPS) is 12.5. The van der Waals surface area contributed by atoms with E-state index in [2.05, 4.69) is 5.32 Å². The Hall–Kier alpha value is -0.960. The Morgan fingerprint density at radius 1 is 1.77 bits per heavy atom. The molecule has 0 saturated carbocycles. The maximum absolute atomic E-state index is 11.4. The van der Waals surface area contributed by atoms with Gasteiger partial charge in [0.2, 0.25) is 0 Å². The lowest BCUT2D eigenvalue weighted by molar-refractivity contribution is 0.0914. The van der Waals surface area contributed by atoms with Crippen molar-refractivity contribution in [2.75, 3.05) is 5.88 Å². The highest BCUT2D eigenvalue weighted by Gasteiger charge is 2.13. The van der Waals surface area contributed by atoms with E-state index in [0.29, 0.717) is 11.6 Å². The van der Waals surface area contributed by atoms with Gasteiger partial charge in [-0.1, -0.05) is 0 Å². The lowest BCUT2D eigenvalue weighted by atomic mass is 10.2. The summed E-state index contributed by atoms with van der Waals surface area (Å²) in [5.74, 6) is 0.540. The van der Waals surface area contributed by atoms with Crippen molar-refractivity contribution in [1.29, 1.82) is 0 Å². The summed E-state index contributed by atoms with van der Waals surface area (Å²) in [5.41, 5.74) is 0.833. The highest BCUT2D eigenvalue weighted by atomic mass is 35.5. The number of carbonyl (C=O) groups excluding carboxylic acids is 1. The standard InChI is InChI=1S/C9H12ClNO2/c1-6-3-4-13-8(6)9(12)11-7(2)5-10/h3-4,7H,5H2,1-2H3,(H,11,12). The fourth-order valence-corrected chi connectivity index (χ4v) is 1.01. The monoisotopic (exact) mass is 201 g/mol. The fraction of sp³-hybridized carbons (Fsp3) is 0.444. The van der Waals surface area contributed by atoms with Gasteiger partial charge in [0.15, 0.2) is 5.76 Å². The predicted octanol–water partition coefficient (Wildman–Crippen LogP) is 1.95. The lowest BCUT2D eigenvalue weighted by Gasteiger charge is -2.08. The van der Waals surface area contributed by atoms with Gasteiger partial charge in [-0.3, -0.25) is 4.79 Å². The molecule has 1 N–H and O–H groups in total. The van der Waals surface area contributed by atoms with Gasteiger partial charge >= 0.3 is 0 Å². The third-order valence-electron chi connectivity index (χ3n) is 1.68. The Labute approximate surface area is 82.1 Å². The SMILES string of the molecule is Cc1ccoc1C(=O)NC(C)CCl. The zero-order chi connectivity index (χ0) is 9.84. The number of nitrogens with one attached hydrogen (secondary N) is 1. The minimum Gasteiger partial charge on any atom is -0.459 e. The number of amides is 1. The molecule has 3 nitrogen and oxygen atoms in total. The second kappa shape index (κ2) is 4.33. The molecule has 1 unspecified atom stereocenters. The molecule has 0 fully saturated rings. The second-order valence-corrected chi connectivity index (χ2v) is 3.27. The summed E-state index contributed by atoms with van der Waals surface area (Å²) >= 11 is 5.55. The minimum absolute atomic E-state index is 0.0429. The van der Waals surface area contributed by atoms with Gasteiger partial charge in [0, 0.05) is 17.5 Å². The maximum atomic E-state index is 11.4. The Morgan fingerprint density at radius 3 is 2.92 bits per heavy atom. The number of alkyl halides is 1. The van der Waals surface area contributed by atoms with E-state index in [0.717, 1.165) is 5.56 Å². The molecule has 1 rings (SSSR count). The van der Waals surface area contributed by atoms with Crippen LogP contribution in [0.15, 0.2) is 16.7 Å². The summed E-state index contributed by atoms with van der Waals surface area (Å²) in [7, 11) is 0. The molecule has 1 heterocycles. The molecule has 0 radical (unpaired) electrons. The van der Waals surface area contributed by atoms with Gasteiger partial charge < -0.3 is 9.73 Å². The molecule has 72 valence electrons. The first-order valence-electron chi connectivity index (χ1n) is 4.06. The number of furan rings is 1. The first-order valence-corrected chi connectivity index (χ1v) is 4.59. The molecule has 0 bridgehead atoms. The van der Waals surface area contributed by atoms with Crippen LogP contribution in [0, 0.1) is 6.92 Å². The molecule has 1 aromatic rings. The minimum atomic E-state index is -0.212. The molecule has 1 aromatic heterocycles. The highest BCUT2D eigenvalue weighted by Crippen LogP contribution is 2.08. The third kappa shape index (κ3) is 2.49. The van der Waals surface area contributed by atoms with Gasteiger partial charge in [-0.2, -0.15) is 0 Å². The molecule has 4 heteroatoms. The summed E-state index contributed by atoms with van der Waals surface area (Å²) in [4.78, 5) is 11.4. The van der Waals surface area contributed by atoms with Crippen molar-refractivity contribution in [3.05, 3.63) is 23.7 Å². The van der Waals surface area contributed by atoms with E-state index in [1.54, 1.807) is 6.07 Å². The van der Waals surface area contributed by atoms with Gasteiger partial charge in [0.05, 0.1) is 6.26 Å². The van der Waals surface area contributed by atoms with Crippen molar-refractivity contribution in [3.63, 3.8) is 0 Å². The Balaban J connectivity index is 2.64. The highest BCUT2D eigenvalue weighted by molar-refractivity contribution is 6.18. The first kappa shape index (κ1) is 10.1. The fourth-order valence-electron chi connectivity index (χ4n) is 0.933. The molecule has 0 aliphatic rings. The van der Waals surface area contributed by atoms with Crippen LogP contribution in [0.5, 0.6) is 0 Å². The molecule has 1 atom stereocenters. The van der Waals surface area contributed by atoms with Crippen molar-refractivity contribution in [2.24, 2.45) is 0 Å². The quantitative estimate of drug-likeness (QED) is 0.760. The molecule has 0 aliphatic heterocycles. The van der Waals surface area contributed by atoms with Gasteiger partial charge in [0.1, 0.15) is 0 Å². The first-order chi connectivity index (χ1) is 6.15. The zero-order valence-corrected chi connectivity index (χ0v) is 8.39.